The molecular weight excluding hydrogens is 292 g/mol. The number of likely N-dealkylation sites (N-methyl/N-ethyl adjacent to an activating group) is 1. The lowest BCUT2D eigenvalue weighted by atomic mass is 10.2. The first-order valence-corrected chi connectivity index (χ1v) is 7.54. The zero-order valence-corrected chi connectivity index (χ0v) is 13.4. The standard InChI is InChI=1S/C18H20N2O3/c1-3-23-18(22)12-13-20(2)17(21)11-10-15-9-8-14-6-4-5-7-16(14)19-15/h4-11H,3,12-13H2,1-2H3. The molecule has 1 aromatic carbocycles. The summed E-state index contributed by atoms with van der Waals surface area (Å²) in [4.78, 5) is 29.2. The van der Waals surface area contributed by atoms with Gasteiger partial charge in [-0.2, -0.15) is 0 Å². The summed E-state index contributed by atoms with van der Waals surface area (Å²) in [5, 5.41) is 1.06. The predicted octanol–water partition coefficient (Wildman–Crippen LogP) is 2.66. The van der Waals surface area contributed by atoms with Crippen LogP contribution < -0.4 is 0 Å². The van der Waals surface area contributed by atoms with Crippen molar-refractivity contribution in [2.75, 3.05) is 20.2 Å². The van der Waals surface area contributed by atoms with Crippen LogP contribution >= 0.6 is 0 Å². The number of nitrogens with zero attached hydrogens (tertiary/aromatic N) is 2. The highest BCUT2D eigenvalue weighted by Crippen LogP contribution is 2.12. The van der Waals surface area contributed by atoms with Gasteiger partial charge in [0, 0.05) is 25.1 Å². The molecule has 1 amide bonds. The number of carbonyl (C=O) groups is 2. The summed E-state index contributed by atoms with van der Waals surface area (Å²) in [5.41, 5.74) is 1.61. The van der Waals surface area contributed by atoms with E-state index in [0.717, 1.165) is 16.6 Å². The second kappa shape index (κ2) is 8.08. The number of hydrogen-bond donors (Lipinski definition) is 0. The Morgan fingerprint density at radius 2 is 2.00 bits per heavy atom. The summed E-state index contributed by atoms with van der Waals surface area (Å²) < 4.78 is 4.84. The molecule has 1 aromatic heterocycles. The smallest absolute Gasteiger partial charge is 0.307 e. The minimum absolute atomic E-state index is 0.177. The summed E-state index contributed by atoms with van der Waals surface area (Å²) >= 11 is 0. The number of ether oxygens (including phenoxy) is 1. The lowest BCUT2D eigenvalue weighted by Crippen LogP contribution is -2.27. The SMILES string of the molecule is CCOC(=O)CCN(C)C(=O)C=Cc1ccc2ccccc2n1. The highest BCUT2D eigenvalue weighted by Gasteiger charge is 2.08. The van der Waals surface area contributed by atoms with Crippen LogP contribution in [0.5, 0.6) is 0 Å². The average molecular weight is 312 g/mol. The van der Waals surface area contributed by atoms with Crippen molar-refractivity contribution in [2.24, 2.45) is 0 Å². The quantitative estimate of drug-likeness (QED) is 0.608. The maximum Gasteiger partial charge on any atom is 0.307 e. The van der Waals surface area contributed by atoms with Gasteiger partial charge in [-0.15, -0.1) is 0 Å². The molecule has 5 heteroatoms. The monoisotopic (exact) mass is 312 g/mol. The maximum absolute atomic E-state index is 12.0. The minimum atomic E-state index is -0.299. The Bertz CT molecular complexity index is 725. The topological polar surface area (TPSA) is 59.5 Å². The fourth-order valence-corrected chi connectivity index (χ4v) is 2.06. The van der Waals surface area contributed by atoms with Crippen molar-refractivity contribution in [3.05, 3.63) is 48.2 Å². The van der Waals surface area contributed by atoms with Crippen LogP contribution in [0.2, 0.25) is 0 Å². The fraction of sp³-hybridized carbons (Fsp3) is 0.278. The number of pyridine rings is 1. The van der Waals surface area contributed by atoms with E-state index in [1.165, 1.54) is 11.0 Å². The number of hydrogen-bond acceptors (Lipinski definition) is 4. The zero-order valence-electron chi connectivity index (χ0n) is 13.4. The van der Waals surface area contributed by atoms with Crippen LogP contribution in [0.4, 0.5) is 0 Å². The summed E-state index contributed by atoms with van der Waals surface area (Å²) in [7, 11) is 1.65. The van der Waals surface area contributed by atoms with Crippen LogP contribution in [-0.4, -0.2) is 42.0 Å². The van der Waals surface area contributed by atoms with Crippen molar-refractivity contribution in [1.82, 2.24) is 9.88 Å². The van der Waals surface area contributed by atoms with E-state index in [1.807, 2.05) is 36.4 Å². The summed E-state index contributed by atoms with van der Waals surface area (Å²) in [5.74, 6) is -0.475. The van der Waals surface area contributed by atoms with Gasteiger partial charge in [0.05, 0.1) is 24.2 Å². The van der Waals surface area contributed by atoms with Gasteiger partial charge in [-0.1, -0.05) is 24.3 Å². The van der Waals surface area contributed by atoms with Gasteiger partial charge in [0.2, 0.25) is 5.91 Å². The molecule has 0 saturated heterocycles. The number of fused-ring (bicyclic) bond motifs is 1. The molecule has 0 aliphatic rings. The number of aromatic nitrogens is 1. The first kappa shape index (κ1) is 16.7. The predicted molar refractivity (Wildman–Crippen MR) is 89.7 cm³/mol. The van der Waals surface area contributed by atoms with E-state index in [0.29, 0.717) is 13.2 Å². The first-order valence-electron chi connectivity index (χ1n) is 7.54. The van der Waals surface area contributed by atoms with E-state index < -0.39 is 0 Å². The van der Waals surface area contributed by atoms with Crippen LogP contribution in [-0.2, 0) is 14.3 Å². The Morgan fingerprint density at radius 3 is 2.78 bits per heavy atom. The Kier molecular flexibility index (Phi) is 5.86. The van der Waals surface area contributed by atoms with Gasteiger partial charge < -0.3 is 9.64 Å². The van der Waals surface area contributed by atoms with Crippen LogP contribution in [0.25, 0.3) is 17.0 Å². The largest absolute Gasteiger partial charge is 0.466 e. The van der Waals surface area contributed by atoms with Crippen molar-refractivity contribution < 1.29 is 14.3 Å². The molecule has 0 atom stereocenters. The minimum Gasteiger partial charge on any atom is -0.466 e. The maximum atomic E-state index is 12.0. The molecule has 2 rings (SSSR count). The number of benzene rings is 1. The number of para-hydroxylation sites is 1. The van der Waals surface area contributed by atoms with E-state index in [2.05, 4.69) is 4.98 Å². The first-order chi connectivity index (χ1) is 11.1. The van der Waals surface area contributed by atoms with Gasteiger partial charge in [0.1, 0.15) is 0 Å². The number of rotatable bonds is 6. The lowest BCUT2D eigenvalue weighted by Gasteiger charge is -2.14. The Morgan fingerprint density at radius 1 is 1.22 bits per heavy atom. The molecular formula is C18H20N2O3. The van der Waals surface area contributed by atoms with E-state index in [4.69, 9.17) is 4.74 Å². The average Bonchev–Trinajstić information content (AvgIpc) is 2.57. The van der Waals surface area contributed by atoms with E-state index in [9.17, 15) is 9.59 Å². The summed E-state index contributed by atoms with van der Waals surface area (Å²) in [6.07, 6.45) is 3.33. The Hall–Kier alpha value is -2.69. The molecule has 0 bridgehead atoms. The molecule has 0 aliphatic carbocycles. The number of carbonyl (C=O) groups excluding carboxylic acids is 2. The third-order valence-corrected chi connectivity index (χ3v) is 3.35. The van der Waals surface area contributed by atoms with Crippen LogP contribution in [0, 0.1) is 0 Å². The van der Waals surface area contributed by atoms with Crippen LogP contribution in [0.1, 0.15) is 19.0 Å². The molecule has 0 aliphatic heterocycles. The third-order valence-electron chi connectivity index (χ3n) is 3.35. The molecule has 0 unspecified atom stereocenters. The zero-order chi connectivity index (χ0) is 16.7. The fourth-order valence-electron chi connectivity index (χ4n) is 2.06. The Labute approximate surface area is 135 Å². The van der Waals surface area contributed by atoms with Gasteiger partial charge in [-0.3, -0.25) is 9.59 Å². The van der Waals surface area contributed by atoms with Crippen molar-refractivity contribution in [3.8, 4) is 0 Å². The molecule has 2 aromatic rings. The molecule has 23 heavy (non-hydrogen) atoms. The summed E-state index contributed by atoms with van der Waals surface area (Å²) in [6.45, 7) is 2.43. The Balaban J connectivity index is 1.94. The van der Waals surface area contributed by atoms with Crippen molar-refractivity contribution >= 4 is 28.9 Å². The van der Waals surface area contributed by atoms with E-state index in [1.54, 1.807) is 20.0 Å². The number of amides is 1. The van der Waals surface area contributed by atoms with Crippen molar-refractivity contribution in [2.45, 2.75) is 13.3 Å². The second-order valence-corrected chi connectivity index (χ2v) is 5.08. The molecule has 0 spiro atoms. The molecule has 1 heterocycles. The van der Waals surface area contributed by atoms with Gasteiger partial charge in [-0.25, -0.2) is 4.98 Å². The highest BCUT2D eigenvalue weighted by molar-refractivity contribution is 5.92. The molecule has 0 fully saturated rings. The van der Waals surface area contributed by atoms with Crippen LogP contribution in [0.3, 0.4) is 0 Å². The second-order valence-electron chi connectivity index (χ2n) is 5.08. The lowest BCUT2D eigenvalue weighted by molar-refractivity contribution is -0.143. The molecule has 120 valence electrons. The molecule has 0 N–H and O–H groups in total. The van der Waals surface area contributed by atoms with Gasteiger partial charge >= 0.3 is 5.97 Å². The summed E-state index contributed by atoms with van der Waals surface area (Å²) in [6, 6.07) is 11.6. The third kappa shape index (κ3) is 4.92. The van der Waals surface area contributed by atoms with Crippen molar-refractivity contribution in [3.63, 3.8) is 0 Å². The van der Waals surface area contributed by atoms with Gasteiger partial charge in [0.15, 0.2) is 0 Å². The van der Waals surface area contributed by atoms with Gasteiger partial charge in [0.25, 0.3) is 0 Å². The van der Waals surface area contributed by atoms with E-state index >= 15 is 0 Å². The van der Waals surface area contributed by atoms with E-state index in [-0.39, 0.29) is 18.3 Å². The molecule has 0 radical (unpaired) electrons. The highest BCUT2D eigenvalue weighted by atomic mass is 16.5. The molecule has 0 saturated carbocycles. The normalized spacial score (nSPS) is 10.9. The number of esters is 1. The molecule has 5 nitrogen and oxygen atoms in total. The van der Waals surface area contributed by atoms with Crippen LogP contribution in [0.15, 0.2) is 42.5 Å². The van der Waals surface area contributed by atoms with Crippen molar-refractivity contribution in [1.29, 1.82) is 0 Å². The van der Waals surface area contributed by atoms with Gasteiger partial charge in [-0.05, 0) is 25.1 Å².